The third kappa shape index (κ3) is 17.9. The molecule has 0 atom stereocenters. The van der Waals surface area contributed by atoms with E-state index in [0.29, 0.717) is 0 Å². The van der Waals surface area contributed by atoms with E-state index in [4.69, 9.17) is 26.5 Å². The highest BCUT2D eigenvalue weighted by molar-refractivity contribution is 5.73. The Labute approximate surface area is 61.0 Å². The van der Waals surface area contributed by atoms with E-state index in [1.54, 1.807) is 0 Å². The van der Waals surface area contributed by atoms with Gasteiger partial charge in [0.25, 0.3) is 5.09 Å². The Morgan fingerprint density at radius 1 is 1.91 bits per heavy atom. The minimum Gasteiger partial charge on any atom is -0.368 e. The van der Waals surface area contributed by atoms with E-state index in [1.807, 2.05) is 0 Å². The molecule has 0 aliphatic heterocycles. The van der Waals surface area contributed by atoms with E-state index in [9.17, 15) is 4.91 Å². The summed E-state index contributed by atoms with van der Waals surface area (Å²) in [6, 6.07) is 0. The highest BCUT2D eigenvalue weighted by Crippen LogP contribution is 1.74. The first-order valence-electron chi connectivity index (χ1n) is 2.16. The third-order valence-electron chi connectivity index (χ3n) is 0.471. The predicted molar refractivity (Wildman–Crippen MR) is 34.3 cm³/mol. The quantitative estimate of drug-likeness (QED) is 0.151. The van der Waals surface area contributed by atoms with Gasteiger partial charge in [0.1, 0.15) is 0 Å². The van der Waals surface area contributed by atoms with Gasteiger partial charge in [0.15, 0.2) is 0 Å². The second kappa shape index (κ2) is 6.19. The van der Waals surface area contributed by atoms with Crippen LogP contribution in [0.1, 0.15) is 0 Å². The maximum Gasteiger partial charge on any atom is 0.291 e. The predicted octanol–water partition coefficient (Wildman–Crippen LogP) is -0.855. The fourth-order valence-electron chi connectivity index (χ4n) is 0.0440. The van der Waals surface area contributed by atoms with E-state index in [0.717, 1.165) is 5.01 Å². The lowest BCUT2D eigenvalue weighted by atomic mass is 11.0. The van der Waals surface area contributed by atoms with Crippen molar-refractivity contribution in [3.8, 4) is 0 Å². The molecule has 0 rings (SSSR count). The molecular formula is C2H7N5O4. The van der Waals surface area contributed by atoms with Crippen LogP contribution in [0.2, 0.25) is 0 Å². The van der Waals surface area contributed by atoms with Gasteiger partial charge in [0.05, 0.1) is 5.29 Å². The van der Waals surface area contributed by atoms with Gasteiger partial charge in [-0.25, -0.2) is 5.01 Å². The van der Waals surface area contributed by atoms with Crippen molar-refractivity contribution >= 4 is 5.96 Å². The fourth-order valence-corrected chi connectivity index (χ4v) is 0.0440. The van der Waals surface area contributed by atoms with Gasteiger partial charge in [0.2, 0.25) is 5.96 Å². The third-order valence-corrected chi connectivity index (χ3v) is 0.471. The van der Waals surface area contributed by atoms with Crippen molar-refractivity contribution in [2.24, 2.45) is 11.0 Å². The maximum absolute atomic E-state index is 9.40. The Bertz CT molecular complexity index is 153. The minimum atomic E-state index is -1.50. The average molecular weight is 165 g/mol. The zero-order chi connectivity index (χ0) is 9.44. The standard InChI is InChI=1S/C2H6N4O.HNO3/c1-6(5-7)2(3)4;2-1(3)4/h1H3,(H3,3,4);(H,2,3,4). The Balaban J connectivity index is 0. The van der Waals surface area contributed by atoms with Crippen molar-refractivity contribution in [3.63, 3.8) is 0 Å². The normalized spacial score (nSPS) is 7.00. The minimum absolute atomic E-state index is 0.352. The number of guanidine groups is 1. The molecule has 11 heavy (non-hydrogen) atoms. The van der Waals surface area contributed by atoms with Crippen LogP contribution in [0.15, 0.2) is 5.29 Å². The van der Waals surface area contributed by atoms with Crippen LogP contribution in [0.25, 0.3) is 0 Å². The monoisotopic (exact) mass is 165 g/mol. The van der Waals surface area contributed by atoms with Crippen LogP contribution in [0.4, 0.5) is 0 Å². The number of hydrogen-bond donors (Lipinski definition) is 3. The smallest absolute Gasteiger partial charge is 0.291 e. The molecule has 0 unspecified atom stereocenters. The molecule has 9 heteroatoms. The molecule has 0 aliphatic carbocycles. The topological polar surface area (TPSA) is 146 Å². The van der Waals surface area contributed by atoms with Crippen molar-refractivity contribution in [2.75, 3.05) is 7.05 Å². The van der Waals surface area contributed by atoms with Gasteiger partial charge in [-0.15, -0.1) is 15.0 Å². The molecule has 0 aromatic carbocycles. The second-order valence-electron chi connectivity index (χ2n) is 1.23. The van der Waals surface area contributed by atoms with Crippen molar-refractivity contribution in [3.05, 3.63) is 15.0 Å². The van der Waals surface area contributed by atoms with Crippen LogP contribution in [0.5, 0.6) is 0 Å². The molecule has 0 spiro atoms. The van der Waals surface area contributed by atoms with Gasteiger partial charge in [-0.05, 0) is 0 Å². The Morgan fingerprint density at radius 2 is 2.18 bits per heavy atom. The SMILES string of the molecule is CN(N=O)C(=N)N.O=[N+]([O-])O. The molecule has 0 bridgehead atoms. The van der Waals surface area contributed by atoms with Crippen LogP contribution in [-0.4, -0.2) is 28.3 Å². The van der Waals surface area contributed by atoms with E-state index in [1.165, 1.54) is 7.05 Å². The van der Waals surface area contributed by atoms with Crippen LogP contribution < -0.4 is 5.73 Å². The van der Waals surface area contributed by atoms with Crippen molar-refractivity contribution < 1.29 is 10.3 Å². The number of rotatable bonds is 1. The van der Waals surface area contributed by atoms with E-state index in [-0.39, 0.29) is 5.96 Å². The lowest BCUT2D eigenvalue weighted by Crippen LogP contribution is -2.27. The summed E-state index contributed by atoms with van der Waals surface area (Å²) in [5, 5.41) is 23.2. The molecule has 0 saturated carbocycles. The molecule has 0 amide bonds. The van der Waals surface area contributed by atoms with Crippen LogP contribution >= 0.6 is 0 Å². The maximum atomic E-state index is 9.40. The number of nitroso groups, excluding NO2 is 1. The summed E-state index contributed by atoms with van der Waals surface area (Å²) >= 11 is 0. The highest BCUT2D eigenvalue weighted by Gasteiger charge is 1.92. The highest BCUT2D eigenvalue weighted by atomic mass is 16.9. The van der Waals surface area contributed by atoms with Crippen LogP contribution in [0.3, 0.4) is 0 Å². The van der Waals surface area contributed by atoms with Gasteiger partial charge < -0.3 is 10.9 Å². The molecule has 0 heterocycles. The molecule has 4 N–H and O–H groups in total. The summed E-state index contributed by atoms with van der Waals surface area (Å²) in [4.78, 5) is 17.8. The first-order valence-corrected chi connectivity index (χ1v) is 2.16. The van der Waals surface area contributed by atoms with Gasteiger partial charge in [-0.2, -0.15) is 0 Å². The molecule has 9 nitrogen and oxygen atoms in total. The first kappa shape index (κ1) is 11.8. The Kier molecular flexibility index (Phi) is 6.65. The van der Waals surface area contributed by atoms with Gasteiger partial charge >= 0.3 is 0 Å². The largest absolute Gasteiger partial charge is 0.368 e. The lowest BCUT2D eigenvalue weighted by Gasteiger charge is -2.00. The molecule has 0 aliphatic rings. The molecule has 0 aromatic heterocycles. The van der Waals surface area contributed by atoms with Crippen molar-refractivity contribution in [1.29, 1.82) is 5.41 Å². The number of hydrogen-bond acceptors (Lipinski definition) is 5. The molecule has 0 fully saturated rings. The zero-order valence-electron chi connectivity index (χ0n) is 5.59. The van der Waals surface area contributed by atoms with Gasteiger partial charge in [-0.1, -0.05) is 0 Å². The first-order chi connectivity index (χ1) is 4.91. The average Bonchev–Trinajstić information content (AvgIpc) is 1.85. The molecular weight excluding hydrogens is 158 g/mol. The van der Waals surface area contributed by atoms with Crippen molar-refractivity contribution in [2.45, 2.75) is 0 Å². The number of nitrogens with zero attached hydrogens (tertiary/aromatic N) is 3. The Hall–Kier alpha value is -1.93. The van der Waals surface area contributed by atoms with Crippen molar-refractivity contribution in [1.82, 2.24) is 5.01 Å². The fraction of sp³-hybridized carbons (Fsp3) is 0.500. The summed E-state index contributed by atoms with van der Waals surface area (Å²) in [5.41, 5.74) is 4.76. The lowest BCUT2D eigenvalue weighted by molar-refractivity contribution is -0.742. The van der Waals surface area contributed by atoms with Gasteiger partial charge in [-0.3, -0.25) is 5.41 Å². The summed E-state index contributed by atoms with van der Waals surface area (Å²) < 4.78 is 0. The molecule has 0 aromatic rings. The Morgan fingerprint density at radius 3 is 2.18 bits per heavy atom. The van der Waals surface area contributed by atoms with E-state index < -0.39 is 5.09 Å². The second-order valence-corrected chi connectivity index (χ2v) is 1.23. The van der Waals surface area contributed by atoms with E-state index >= 15 is 0 Å². The zero-order valence-corrected chi connectivity index (χ0v) is 5.59. The summed E-state index contributed by atoms with van der Waals surface area (Å²) in [6.45, 7) is 0. The molecule has 0 radical (unpaired) electrons. The summed E-state index contributed by atoms with van der Waals surface area (Å²) in [6.07, 6.45) is 0. The van der Waals surface area contributed by atoms with Crippen LogP contribution in [0, 0.1) is 20.4 Å². The molecule has 64 valence electrons. The number of nitrogens with two attached hydrogens (primary N) is 1. The van der Waals surface area contributed by atoms with Gasteiger partial charge in [0, 0.05) is 7.05 Å². The van der Waals surface area contributed by atoms with Crippen LogP contribution in [-0.2, 0) is 0 Å². The molecule has 0 saturated heterocycles. The van der Waals surface area contributed by atoms with E-state index in [2.05, 4.69) is 5.29 Å². The number of nitrogens with one attached hydrogen (secondary N) is 1. The summed E-state index contributed by atoms with van der Waals surface area (Å²) in [5.74, 6) is -0.352. The summed E-state index contributed by atoms with van der Waals surface area (Å²) in [7, 11) is 1.30.